The van der Waals surface area contributed by atoms with Gasteiger partial charge in [0.1, 0.15) is 0 Å². The van der Waals surface area contributed by atoms with Gasteiger partial charge in [-0.05, 0) is 28.8 Å². The highest BCUT2D eigenvalue weighted by Crippen LogP contribution is 2.33. The van der Waals surface area contributed by atoms with Crippen molar-refractivity contribution >= 4 is 23.2 Å². The molecule has 4 rings (SSSR count). The van der Waals surface area contributed by atoms with Gasteiger partial charge in [0.25, 0.3) is 0 Å². The van der Waals surface area contributed by atoms with Crippen LogP contribution in [0.15, 0.2) is 91.4 Å². The Morgan fingerprint density at radius 3 is 2.00 bits per heavy atom. The Morgan fingerprint density at radius 1 is 0.793 bits per heavy atom. The number of benzene rings is 3. The molecule has 0 aliphatic heterocycles. The Balaban J connectivity index is 1.69. The van der Waals surface area contributed by atoms with Crippen molar-refractivity contribution in [2.45, 2.75) is 18.6 Å². The van der Waals surface area contributed by atoms with Gasteiger partial charge in [0, 0.05) is 11.9 Å². The summed E-state index contributed by atoms with van der Waals surface area (Å²) in [5.41, 5.74) is 4.07. The van der Waals surface area contributed by atoms with Gasteiger partial charge in [0.2, 0.25) is 0 Å². The first kappa shape index (κ1) is 19.7. The quantitative estimate of drug-likeness (QED) is 0.407. The summed E-state index contributed by atoms with van der Waals surface area (Å²) in [5, 5.41) is 11.7. The minimum absolute atomic E-state index is 0.0147. The molecule has 1 heterocycles. The van der Waals surface area contributed by atoms with Gasteiger partial charge in [-0.3, -0.25) is 0 Å². The van der Waals surface area contributed by atoms with Gasteiger partial charge in [0.15, 0.2) is 0 Å². The standard InChI is InChI=1S/C24H20Cl2N2O/c25-20-12-11-19(13-21(20)26)23(29)15-28-16-27-14-22(28)24(17-7-3-1-4-8-17)18-9-5-2-6-10-18/h1-14,16,23-24,29H,15H2. The molecule has 29 heavy (non-hydrogen) atoms. The van der Waals surface area contributed by atoms with Crippen molar-refractivity contribution in [1.29, 1.82) is 0 Å². The minimum Gasteiger partial charge on any atom is -0.387 e. The van der Waals surface area contributed by atoms with Gasteiger partial charge in [-0.1, -0.05) is 89.9 Å². The Morgan fingerprint density at radius 2 is 1.41 bits per heavy atom. The van der Waals surface area contributed by atoms with Crippen LogP contribution in [-0.2, 0) is 6.54 Å². The van der Waals surface area contributed by atoms with E-state index in [0.717, 1.165) is 11.3 Å². The van der Waals surface area contributed by atoms with Crippen LogP contribution < -0.4 is 0 Å². The van der Waals surface area contributed by atoms with E-state index in [1.54, 1.807) is 24.5 Å². The van der Waals surface area contributed by atoms with Gasteiger partial charge >= 0.3 is 0 Å². The Hall–Kier alpha value is -2.59. The van der Waals surface area contributed by atoms with Gasteiger partial charge in [-0.15, -0.1) is 0 Å². The molecule has 0 spiro atoms. The summed E-state index contributed by atoms with van der Waals surface area (Å²) < 4.78 is 2.00. The lowest BCUT2D eigenvalue weighted by atomic mass is 9.88. The number of aliphatic hydroxyl groups is 1. The largest absolute Gasteiger partial charge is 0.387 e. The predicted molar refractivity (Wildman–Crippen MR) is 117 cm³/mol. The number of aromatic nitrogens is 2. The fraction of sp³-hybridized carbons (Fsp3) is 0.125. The number of hydrogen-bond acceptors (Lipinski definition) is 2. The van der Waals surface area contributed by atoms with Crippen molar-refractivity contribution in [1.82, 2.24) is 9.55 Å². The lowest BCUT2D eigenvalue weighted by Crippen LogP contribution is -2.14. The fourth-order valence-electron chi connectivity index (χ4n) is 3.56. The molecule has 1 aromatic heterocycles. The van der Waals surface area contributed by atoms with E-state index in [9.17, 15) is 5.11 Å². The second-order valence-electron chi connectivity index (χ2n) is 6.91. The number of hydrogen-bond donors (Lipinski definition) is 1. The third-order valence-corrected chi connectivity index (χ3v) is 5.74. The SMILES string of the molecule is OC(Cn1cncc1C(c1ccccc1)c1ccccc1)c1ccc(Cl)c(Cl)c1. The molecule has 4 aromatic rings. The molecule has 0 amide bonds. The van der Waals surface area contributed by atoms with Crippen LogP contribution >= 0.6 is 23.2 Å². The molecule has 0 aliphatic rings. The Kier molecular flexibility index (Phi) is 6.00. The van der Waals surface area contributed by atoms with Crippen LogP contribution in [-0.4, -0.2) is 14.7 Å². The Labute approximate surface area is 180 Å². The summed E-state index contributed by atoms with van der Waals surface area (Å²) in [4.78, 5) is 4.38. The van der Waals surface area contributed by atoms with Gasteiger partial charge in [-0.2, -0.15) is 0 Å². The average Bonchev–Trinajstić information content (AvgIpc) is 3.19. The second-order valence-corrected chi connectivity index (χ2v) is 7.73. The van der Waals surface area contributed by atoms with Crippen molar-refractivity contribution in [3.8, 4) is 0 Å². The maximum atomic E-state index is 10.8. The maximum absolute atomic E-state index is 10.8. The highest BCUT2D eigenvalue weighted by atomic mass is 35.5. The predicted octanol–water partition coefficient (Wildman–Crippen LogP) is 6.10. The van der Waals surface area contributed by atoms with Crippen LogP contribution in [0.25, 0.3) is 0 Å². The van der Waals surface area contributed by atoms with Crippen LogP contribution in [0.3, 0.4) is 0 Å². The van der Waals surface area contributed by atoms with Crippen LogP contribution in [0.2, 0.25) is 10.0 Å². The molecule has 3 aromatic carbocycles. The van der Waals surface area contributed by atoms with E-state index in [2.05, 4.69) is 29.2 Å². The van der Waals surface area contributed by atoms with E-state index in [4.69, 9.17) is 23.2 Å². The van der Waals surface area contributed by atoms with E-state index in [1.807, 2.05) is 47.2 Å². The molecule has 1 atom stereocenters. The lowest BCUT2D eigenvalue weighted by Gasteiger charge is -2.22. The number of rotatable bonds is 6. The number of aliphatic hydroxyl groups excluding tert-OH is 1. The molecule has 1 unspecified atom stereocenters. The van der Waals surface area contributed by atoms with Gasteiger partial charge in [-0.25, -0.2) is 4.98 Å². The van der Waals surface area contributed by atoms with Crippen molar-refractivity contribution < 1.29 is 5.11 Å². The third-order valence-electron chi connectivity index (χ3n) is 5.00. The monoisotopic (exact) mass is 422 g/mol. The van der Waals surface area contributed by atoms with Crippen LogP contribution in [0.4, 0.5) is 0 Å². The van der Waals surface area contributed by atoms with E-state index in [-0.39, 0.29) is 5.92 Å². The van der Waals surface area contributed by atoms with E-state index < -0.39 is 6.10 Å². The first-order valence-corrected chi connectivity index (χ1v) is 10.1. The van der Waals surface area contributed by atoms with Crippen LogP contribution in [0.5, 0.6) is 0 Å². The smallest absolute Gasteiger partial charge is 0.0969 e. The summed E-state index contributed by atoms with van der Waals surface area (Å²) in [6, 6.07) is 25.8. The molecular formula is C24H20Cl2N2O. The van der Waals surface area contributed by atoms with E-state index in [0.29, 0.717) is 16.6 Å². The van der Waals surface area contributed by atoms with Crippen LogP contribution in [0.1, 0.15) is 34.4 Å². The summed E-state index contributed by atoms with van der Waals surface area (Å²) in [6.07, 6.45) is 2.89. The van der Waals surface area contributed by atoms with Crippen molar-refractivity contribution in [3.63, 3.8) is 0 Å². The van der Waals surface area contributed by atoms with Crippen LogP contribution in [0, 0.1) is 0 Å². The van der Waals surface area contributed by atoms with Crippen molar-refractivity contribution in [2.24, 2.45) is 0 Å². The molecule has 0 bridgehead atoms. The third kappa shape index (κ3) is 4.38. The topological polar surface area (TPSA) is 38.0 Å². The molecule has 0 saturated heterocycles. The highest BCUT2D eigenvalue weighted by Gasteiger charge is 2.22. The molecule has 0 fully saturated rings. The zero-order valence-corrected chi connectivity index (χ0v) is 17.1. The molecule has 146 valence electrons. The zero-order chi connectivity index (χ0) is 20.2. The van der Waals surface area contributed by atoms with E-state index >= 15 is 0 Å². The maximum Gasteiger partial charge on any atom is 0.0969 e. The number of imidazole rings is 1. The summed E-state index contributed by atoms with van der Waals surface area (Å²) in [7, 11) is 0. The molecule has 0 aliphatic carbocycles. The van der Waals surface area contributed by atoms with Crippen molar-refractivity contribution in [2.75, 3.05) is 0 Å². The highest BCUT2D eigenvalue weighted by molar-refractivity contribution is 6.42. The molecule has 0 saturated carbocycles. The molecule has 1 N–H and O–H groups in total. The lowest BCUT2D eigenvalue weighted by molar-refractivity contribution is 0.155. The number of nitrogens with zero attached hydrogens (tertiary/aromatic N) is 2. The molecular weight excluding hydrogens is 403 g/mol. The fourth-order valence-corrected chi connectivity index (χ4v) is 3.87. The first-order chi connectivity index (χ1) is 14.1. The Bertz CT molecular complexity index is 1040. The second kappa shape index (κ2) is 8.83. The van der Waals surface area contributed by atoms with Gasteiger partial charge < -0.3 is 9.67 Å². The summed E-state index contributed by atoms with van der Waals surface area (Å²) >= 11 is 12.1. The first-order valence-electron chi connectivity index (χ1n) is 9.36. The molecule has 3 nitrogen and oxygen atoms in total. The molecule has 0 radical (unpaired) electrons. The van der Waals surface area contributed by atoms with Crippen molar-refractivity contribution in [3.05, 3.63) is 124 Å². The van der Waals surface area contributed by atoms with E-state index in [1.165, 1.54) is 11.1 Å². The van der Waals surface area contributed by atoms with Gasteiger partial charge in [0.05, 0.1) is 34.9 Å². The normalized spacial score (nSPS) is 12.3. The minimum atomic E-state index is -0.732. The summed E-state index contributed by atoms with van der Waals surface area (Å²) in [6.45, 7) is 0.365. The average molecular weight is 423 g/mol. The zero-order valence-electron chi connectivity index (χ0n) is 15.6. The number of halogens is 2. The molecule has 5 heteroatoms. The summed E-state index contributed by atoms with van der Waals surface area (Å²) in [5.74, 6) is 0.0147.